The van der Waals surface area contributed by atoms with E-state index in [0.29, 0.717) is 5.11 Å². The molecule has 2 aromatic rings. The van der Waals surface area contributed by atoms with Gasteiger partial charge in [0, 0.05) is 10.6 Å². The van der Waals surface area contributed by atoms with E-state index in [1.54, 1.807) is 11.3 Å². The van der Waals surface area contributed by atoms with Crippen LogP contribution in [0.3, 0.4) is 0 Å². The number of aryl methyl sites for hydroxylation is 3. The zero-order valence-electron chi connectivity index (χ0n) is 11.4. The molecule has 1 aromatic heterocycles. The van der Waals surface area contributed by atoms with Gasteiger partial charge in [0.1, 0.15) is 0 Å². The van der Waals surface area contributed by atoms with E-state index in [-0.39, 0.29) is 0 Å². The minimum absolute atomic E-state index is 0.602. The Morgan fingerprint density at radius 1 is 1.20 bits per heavy atom. The number of nitrogens with one attached hydrogen (secondary N) is 2. The second-order valence-corrected chi connectivity index (χ2v) is 6.48. The van der Waals surface area contributed by atoms with Gasteiger partial charge in [0.25, 0.3) is 0 Å². The molecule has 0 fully saturated rings. The molecule has 0 saturated carbocycles. The second-order valence-electron chi connectivity index (χ2n) is 4.99. The van der Waals surface area contributed by atoms with Gasteiger partial charge >= 0.3 is 0 Å². The molecule has 0 radical (unpaired) electrons. The quantitative estimate of drug-likeness (QED) is 0.818. The van der Waals surface area contributed by atoms with Gasteiger partial charge in [-0.25, -0.2) is 4.98 Å². The van der Waals surface area contributed by atoms with Crippen LogP contribution in [0.1, 0.15) is 29.0 Å². The Morgan fingerprint density at radius 2 is 2.00 bits per heavy atom. The van der Waals surface area contributed by atoms with E-state index in [2.05, 4.69) is 28.6 Å². The molecule has 20 heavy (non-hydrogen) atoms. The Balaban J connectivity index is 1.67. The summed E-state index contributed by atoms with van der Waals surface area (Å²) >= 11 is 7.09. The first-order valence-corrected chi connectivity index (χ1v) is 8.07. The van der Waals surface area contributed by atoms with Crippen LogP contribution in [0, 0.1) is 6.92 Å². The Bertz CT molecular complexity index is 610. The highest BCUT2D eigenvalue weighted by Crippen LogP contribution is 2.29. The van der Waals surface area contributed by atoms with Crippen molar-refractivity contribution in [3.05, 3.63) is 40.4 Å². The number of nitrogens with zero attached hydrogens (tertiary/aromatic N) is 1. The highest BCUT2D eigenvalue weighted by molar-refractivity contribution is 7.80. The van der Waals surface area contributed by atoms with Crippen LogP contribution in [-0.4, -0.2) is 10.1 Å². The summed E-state index contributed by atoms with van der Waals surface area (Å²) in [5.74, 6) is 0. The summed E-state index contributed by atoms with van der Waals surface area (Å²) in [6.45, 7) is 2.06. The molecule has 0 aliphatic heterocycles. The number of anilines is 2. The summed E-state index contributed by atoms with van der Waals surface area (Å²) in [6.07, 6.45) is 4.79. The van der Waals surface area contributed by atoms with Crippen molar-refractivity contribution in [1.29, 1.82) is 0 Å². The number of para-hydroxylation sites is 1. The smallest absolute Gasteiger partial charge is 0.189 e. The van der Waals surface area contributed by atoms with E-state index in [1.807, 2.05) is 18.2 Å². The van der Waals surface area contributed by atoms with Crippen LogP contribution >= 0.6 is 23.6 Å². The predicted molar refractivity (Wildman–Crippen MR) is 89.8 cm³/mol. The topological polar surface area (TPSA) is 37.0 Å². The minimum atomic E-state index is 0.602. The van der Waals surface area contributed by atoms with Gasteiger partial charge in [0.2, 0.25) is 0 Å². The molecular formula is C15H17N3S2. The zero-order valence-corrected chi connectivity index (χ0v) is 13.0. The van der Waals surface area contributed by atoms with E-state index in [4.69, 9.17) is 12.2 Å². The van der Waals surface area contributed by atoms with Crippen molar-refractivity contribution >= 4 is 39.5 Å². The maximum atomic E-state index is 5.36. The van der Waals surface area contributed by atoms with Gasteiger partial charge in [-0.05, 0) is 56.5 Å². The molecule has 3 nitrogen and oxygen atoms in total. The number of thiazole rings is 1. The fourth-order valence-corrected chi connectivity index (χ4v) is 3.69. The van der Waals surface area contributed by atoms with Gasteiger partial charge in [-0.1, -0.05) is 18.2 Å². The van der Waals surface area contributed by atoms with E-state index in [0.717, 1.165) is 23.7 Å². The van der Waals surface area contributed by atoms with Gasteiger partial charge in [0.15, 0.2) is 10.2 Å². The van der Waals surface area contributed by atoms with Crippen molar-refractivity contribution in [3.8, 4) is 0 Å². The molecule has 0 atom stereocenters. The number of fused-ring (bicyclic) bond motifs is 1. The lowest BCUT2D eigenvalue weighted by molar-refractivity contribution is 0.683. The van der Waals surface area contributed by atoms with Crippen LogP contribution < -0.4 is 10.6 Å². The molecule has 0 saturated heterocycles. The Morgan fingerprint density at radius 3 is 2.80 bits per heavy atom. The Kier molecular flexibility index (Phi) is 3.98. The summed E-state index contributed by atoms with van der Waals surface area (Å²) in [7, 11) is 0. The molecule has 1 aliphatic carbocycles. The maximum Gasteiger partial charge on any atom is 0.189 e. The number of thiocarbonyl (C=S) groups is 1. The number of hydrogen-bond donors (Lipinski definition) is 2. The molecule has 0 spiro atoms. The first-order valence-electron chi connectivity index (χ1n) is 6.84. The van der Waals surface area contributed by atoms with Crippen molar-refractivity contribution in [1.82, 2.24) is 4.98 Å². The van der Waals surface area contributed by atoms with Crippen LogP contribution in [-0.2, 0) is 12.8 Å². The molecule has 3 rings (SSSR count). The van der Waals surface area contributed by atoms with Crippen molar-refractivity contribution in [3.63, 3.8) is 0 Å². The van der Waals surface area contributed by atoms with Gasteiger partial charge in [-0.2, -0.15) is 0 Å². The van der Waals surface area contributed by atoms with Gasteiger partial charge in [-0.15, -0.1) is 11.3 Å². The lowest BCUT2D eigenvalue weighted by atomic mass is 10.0. The van der Waals surface area contributed by atoms with E-state index in [9.17, 15) is 0 Å². The highest BCUT2D eigenvalue weighted by atomic mass is 32.1. The third kappa shape index (κ3) is 2.99. The van der Waals surface area contributed by atoms with Crippen LogP contribution in [0.5, 0.6) is 0 Å². The summed E-state index contributed by atoms with van der Waals surface area (Å²) in [5.41, 5.74) is 3.46. The average molecular weight is 303 g/mol. The van der Waals surface area contributed by atoms with Crippen molar-refractivity contribution in [2.45, 2.75) is 32.6 Å². The predicted octanol–water partition coefficient (Wildman–Crippen LogP) is 4.14. The number of rotatable bonds is 2. The van der Waals surface area contributed by atoms with E-state index < -0.39 is 0 Å². The van der Waals surface area contributed by atoms with Crippen molar-refractivity contribution in [2.75, 3.05) is 10.6 Å². The van der Waals surface area contributed by atoms with Crippen molar-refractivity contribution < 1.29 is 0 Å². The summed E-state index contributed by atoms with van der Waals surface area (Å²) < 4.78 is 0. The lowest BCUT2D eigenvalue weighted by Crippen LogP contribution is -2.19. The van der Waals surface area contributed by atoms with Gasteiger partial charge in [0.05, 0.1) is 5.69 Å². The Hall–Kier alpha value is -1.46. The molecule has 104 valence electrons. The summed E-state index contributed by atoms with van der Waals surface area (Å²) in [4.78, 5) is 6.05. The largest absolute Gasteiger partial charge is 0.332 e. The van der Waals surface area contributed by atoms with Crippen LogP contribution in [0.2, 0.25) is 0 Å². The molecule has 0 amide bonds. The number of aromatic nitrogens is 1. The van der Waals surface area contributed by atoms with Crippen molar-refractivity contribution in [2.24, 2.45) is 0 Å². The maximum absolute atomic E-state index is 5.36. The second kappa shape index (κ2) is 5.89. The summed E-state index contributed by atoms with van der Waals surface area (Å²) in [6, 6.07) is 8.11. The van der Waals surface area contributed by atoms with Gasteiger partial charge < -0.3 is 10.6 Å². The average Bonchev–Trinajstić information content (AvgIpc) is 2.83. The third-order valence-corrected chi connectivity index (χ3v) is 4.74. The molecule has 5 heteroatoms. The standard InChI is InChI=1S/C15H17N3S2/c1-10-6-2-3-7-11(10)16-14(19)18-15-17-12-8-4-5-9-13(12)20-15/h2-3,6-7H,4-5,8-9H2,1H3,(H2,16,17,18,19). The van der Waals surface area contributed by atoms with Gasteiger partial charge in [-0.3, -0.25) is 0 Å². The number of benzene rings is 1. The van der Waals surface area contributed by atoms with Crippen LogP contribution in [0.25, 0.3) is 0 Å². The first kappa shape index (κ1) is 13.5. The number of hydrogen-bond acceptors (Lipinski definition) is 3. The molecule has 0 unspecified atom stereocenters. The van der Waals surface area contributed by atoms with E-state index >= 15 is 0 Å². The molecule has 1 aromatic carbocycles. The van der Waals surface area contributed by atoms with E-state index in [1.165, 1.54) is 29.0 Å². The fraction of sp³-hybridized carbons (Fsp3) is 0.333. The molecule has 2 N–H and O–H groups in total. The third-order valence-electron chi connectivity index (χ3n) is 3.46. The monoisotopic (exact) mass is 303 g/mol. The SMILES string of the molecule is Cc1ccccc1NC(=S)Nc1nc2c(s1)CCCC2. The molecule has 1 aliphatic rings. The van der Waals surface area contributed by atoms with Crippen LogP contribution in [0.4, 0.5) is 10.8 Å². The van der Waals surface area contributed by atoms with Crippen LogP contribution in [0.15, 0.2) is 24.3 Å². The first-order chi connectivity index (χ1) is 9.72. The molecule has 1 heterocycles. The Labute approximate surface area is 128 Å². The minimum Gasteiger partial charge on any atom is -0.332 e. The molecule has 0 bridgehead atoms. The normalized spacial score (nSPS) is 13.7. The highest BCUT2D eigenvalue weighted by Gasteiger charge is 2.15. The molecular weight excluding hydrogens is 286 g/mol. The fourth-order valence-electron chi connectivity index (χ4n) is 2.37. The summed E-state index contributed by atoms with van der Waals surface area (Å²) in [5, 5.41) is 7.94. The lowest BCUT2D eigenvalue weighted by Gasteiger charge is -2.10. The zero-order chi connectivity index (χ0) is 13.9.